The highest BCUT2D eigenvalue weighted by Gasteiger charge is 2.25. The second-order valence-corrected chi connectivity index (χ2v) is 10.5. The van der Waals surface area contributed by atoms with Gasteiger partial charge in [0.05, 0.1) is 22.9 Å². The number of halogens is 1. The normalized spacial score (nSPS) is 27.0. The minimum absolute atomic E-state index is 0.201. The molecule has 0 aromatic heterocycles. The van der Waals surface area contributed by atoms with Gasteiger partial charge in [0.2, 0.25) is 0 Å². The van der Waals surface area contributed by atoms with E-state index in [0.29, 0.717) is 5.92 Å². The van der Waals surface area contributed by atoms with Crippen LogP contribution in [0.2, 0.25) is 5.02 Å². The summed E-state index contributed by atoms with van der Waals surface area (Å²) < 4.78 is 11.2. The van der Waals surface area contributed by atoms with Crippen LogP contribution in [0.3, 0.4) is 0 Å². The fraction of sp³-hybridized carbons (Fsp3) is 0.708. The average molecular weight is 452 g/mol. The van der Waals surface area contributed by atoms with Crippen molar-refractivity contribution in [2.45, 2.75) is 84.2 Å². The minimum Gasteiger partial charge on any atom is -0.444 e. The first-order chi connectivity index (χ1) is 14.6. The molecule has 1 aromatic rings. The number of morpholine rings is 1. The average Bonchev–Trinajstić information content (AvgIpc) is 2.66. The summed E-state index contributed by atoms with van der Waals surface area (Å²) in [6.07, 6.45) is 4.24. The van der Waals surface area contributed by atoms with E-state index in [2.05, 4.69) is 47.6 Å². The molecule has 2 fully saturated rings. The molecule has 0 spiro atoms. The van der Waals surface area contributed by atoms with Gasteiger partial charge in [-0.3, -0.25) is 0 Å². The van der Waals surface area contributed by atoms with Crippen LogP contribution in [0.5, 0.6) is 0 Å². The molecule has 3 rings (SSSR count). The molecule has 7 heteroatoms. The Labute approximate surface area is 192 Å². The van der Waals surface area contributed by atoms with Crippen molar-refractivity contribution in [1.82, 2.24) is 5.32 Å². The third-order valence-electron chi connectivity index (χ3n) is 5.89. The molecule has 1 aliphatic heterocycles. The van der Waals surface area contributed by atoms with Crippen LogP contribution in [0.25, 0.3) is 0 Å². The van der Waals surface area contributed by atoms with E-state index in [0.717, 1.165) is 61.7 Å². The zero-order valence-electron chi connectivity index (χ0n) is 19.5. The van der Waals surface area contributed by atoms with Gasteiger partial charge >= 0.3 is 6.09 Å². The molecule has 2 aliphatic rings. The maximum Gasteiger partial charge on any atom is 0.407 e. The first-order valence-electron chi connectivity index (χ1n) is 11.5. The lowest BCUT2D eigenvalue weighted by molar-refractivity contribution is -0.00522. The Morgan fingerprint density at radius 3 is 2.39 bits per heavy atom. The second kappa shape index (κ2) is 10.3. The molecule has 1 amide bonds. The molecular formula is C24H38ClN3O3. The van der Waals surface area contributed by atoms with E-state index in [1.807, 2.05) is 20.8 Å². The molecule has 0 radical (unpaired) electrons. The lowest BCUT2D eigenvalue weighted by atomic mass is 9.86. The zero-order valence-corrected chi connectivity index (χ0v) is 20.3. The standard InChI is InChI=1S/C24H38ClN3O3/c1-16-14-28(15-17(2)30-16)20-10-11-22(21(25)12-20)26-13-18-6-8-19(9-7-18)27-23(29)31-24(3,4)5/h10-12,16-19,26H,6-9,13-15H2,1-5H3,(H,27,29)/t16-,17-,18?,19?/m1/s1. The molecule has 1 aromatic carbocycles. The molecular weight excluding hydrogens is 414 g/mol. The number of amides is 1. The highest BCUT2D eigenvalue weighted by atomic mass is 35.5. The minimum atomic E-state index is -0.460. The van der Waals surface area contributed by atoms with E-state index in [9.17, 15) is 4.79 Å². The van der Waals surface area contributed by atoms with E-state index < -0.39 is 5.60 Å². The van der Waals surface area contributed by atoms with Gasteiger partial charge in [-0.25, -0.2) is 4.79 Å². The topological polar surface area (TPSA) is 62.8 Å². The van der Waals surface area contributed by atoms with Crippen LogP contribution >= 0.6 is 11.6 Å². The Hall–Kier alpha value is -1.66. The number of anilines is 2. The fourth-order valence-electron chi connectivity index (χ4n) is 4.47. The van der Waals surface area contributed by atoms with E-state index in [1.165, 1.54) is 0 Å². The predicted molar refractivity (Wildman–Crippen MR) is 127 cm³/mol. The number of nitrogens with one attached hydrogen (secondary N) is 2. The van der Waals surface area contributed by atoms with Gasteiger partial charge in [0.1, 0.15) is 5.60 Å². The van der Waals surface area contributed by atoms with Crippen LogP contribution in [0.4, 0.5) is 16.2 Å². The monoisotopic (exact) mass is 451 g/mol. The first kappa shape index (κ1) is 24.0. The van der Waals surface area contributed by atoms with Gasteiger partial charge < -0.3 is 25.0 Å². The Bertz CT molecular complexity index is 734. The Balaban J connectivity index is 1.44. The lowest BCUT2D eigenvalue weighted by Gasteiger charge is -2.37. The van der Waals surface area contributed by atoms with Crippen LogP contribution in [-0.2, 0) is 9.47 Å². The molecule has 174 valence electrons. The summed E-state index contributed by atoms with van der Waals surface area (Å²) in [5, 5.41) is 7.29. The molecule has 1 saturated carbocycles. The van der Waals surface area contributed by atoms with Gasteiger partial charge in [-0.15, -0.1) is 0 Å². The quantitative estimate of drug-likeness (QED) is 0.623. The van der Waals surface area contributed by atoms with E-state index >= 15 is 0 Å². The summed E-state index contributed by atoms with van der Waals surface area (Å²) in [6.45, 7) is 12.5. The van der Waals surface area contributed by atoms with Crippen molar-refractivity contribution in [2.24, 2.45) is 5.92 Å². The Morgan fingerprint density at radius 2 is 1.81 bits per heavy atom. The van der Waals surface area contributed by atoms with Crippen LogP contribution in [0.1, 0.15) is 60.3 Å². The number of carbonyl (C=O) groups excluding carboxylic acids is 1. The van der Waals surface area contributed by atoms with Crippen molar-refractivity contribution in [1.29, 1.82) is 0 Å². The molecule has 1 heterocycles. The molecule has 1 aliphatic carbocycles. The fourth-order valence-corrected chi connectivity index (χ4v) is 4.71. The summed E-state index contributed by atoms with van der Waals surface area (Å²) in [6, 6.07) is 6.47. The van der Waals surface area contributed by atoms with Gasteiger partial charge in [0.25, 0.3) is 0 Å². The number of rotatable bonds is 5. The van der Waals surface area contributed by atoms with Gasteiger partial charge in [-0.2, -0.15) is 0 Å². The number of nitrogens with zero attached hydrogens (tertiary/aromatic N) is 1. The van der Waals surface area contributed by atoms with E-state index in [-0.39, 0.29) is 24.3 Å². The van der Waals surface area contributed by atoms with Gasteiger partial charge in [0.15, 0.2) is 0 Å². The maximum atomic E-state index is 12.0. The molecule has 2 atom stereocenters. The van der Waals surface area contributed by atoms with E-state index in [4.69, 9.17) is 21.1 Å². The molecule has 2 N–H and O–H groups in total. The summed E-state index contributed by atoms with van der Waals surface area (Å²) in [5.41, 5.74) is 1.67. The van der Waals surface area contributed by atoms with Crippen LogP contribution in [0.15, 0.2) is 18.2 Å². The molecule has 6 nitrogen and oxygen atoms in total. The van der Waals surface area contributed by atoms with Crippen molar-refractivity contribution in [3.8, 4) is 0 Å². The summed E-state index contributed by atoms with van der Waals surface area (Å²) in [5.74, 6) is 0.577. The number of hydrogen-bond acceptors (Lipinski definition) is 5. The van der Waals surface area contributed by atoms with Crippen molar-refractivity contribution in [2.75, 3.05) is 29.9 Å². The van der Waals surface area contributed by atoms with Crippen molar-refractivity contribution >= 4 is 29.1 Å². The van der Waals surface area contributed by atoms with E-state index in [1.54, 1.807) is 0 Å². The third-order valence-corrected chi connectivity index (χ3v) is 6.20. The Kier molecular flexibility index (Phi) is 7.98. The first-order valence-corrected chi connectivity index (χ1v) is 11.9. The highest BCUT2D eigenvalue weighted by Crippen LogP contribution is 2.31. The maximum absolute atomic E-state index is 12.0. The Morgan fingerprint density at radius 1 is 1.16 bits per heavy atom. The molecule has 0 unspecified atom stereocenters. The zero-order chi connectivity index (χ0) is 22.6. The molecule has 1 saturated heterocycles. The highest BCUT2D eigenvalue weighted by molar-refractivity contribution is 6.33. The number of carbonyl (C=O) groups is 1. The predicted octanol–water partition coefficient (Wildman–Crippen LogP) is 5.45. The third kappa shape index (κ3) is 7.46. The van der Waals surface area contributed by atoms with Crippen LogP contribution in [0, 0.1) is 5.92 Å². The van der Waals surface area contributed by atoms with Crippen molar-refractivity contribution in [3.63, 3.8) is 0 Å². The summed E-state index contributed by atoms with van der Waals surface area (Å²) in [7, 11) is 0. The van der Waals surface area contributed by atoms with Gasteiger partial charge in [-0.1, -0.05) is 11.6 Å². The number of alkyl carbamates (subject to hydrolysis) is 1. The number of benzene rings is 1. The SMILES string of the molecule is C[C@@H]1CN(c2ccc(NCC3CCC(NC(=O)OC(C)(C)C)CC3)c(Cl)c2)C[C@@H](C)O1. The smallest absolute Gasteiger partial charge is 0.407 e. The number of ether oxygens (including phenoxy) is 2. The summed E-state index contributed by atoms with van der Waals surface area (Å²) in [4.78, 5) is 14.3. The number of hydrogen-bond donors (Lipinski definition) is 2. The van der Waals surface area contributed by atoms with Crippen LogP contribution in [-0.4, -0.2) is 49.6 Å². The van der Waals surface area contributed by atoms with Gasteiger partial charge in [0, 0.05) is 31.4 Å². The van der Waals surface area contributed by atoms with Crippen LogP contribution < -0.4 is 15.5 Å². The largest absolute Gasteiger partial charge is 0.444 e. The summed E-state index contributed by atoms with van der Waals surface area (Å²) >= 11 is 6.59. The van der Waals surface area contributed by atoms with Crippen molar-refractivity contribution < 1.29 is 14.3 Å². The second-order valence-electron chi connectivity index (χ2n) is 10.1. The molecule has 31 heavy (non-hydrogen) atoms. The van der Waals surface area contributed by atoms with Gasteiger partial charge in [-0.05, 0) is 84.4 Å². The lowest BCUT2D eigenvalue weighted by Crippen LogP contribution is -2.45. The molecule has 0 bridgehead atoms. The van der Waals surface area contributed by atoms with Crippen molar-refractivity contribution in [3.05, 3.63) is 23.2 Å².